The minimum Gasteiger partial charge on any atom is -0.348 e. The van der Waals surface area contributed by atoms with Crippen molar-refractivity contribution in [3.05, 3.63) is 64.2 Å². The molecule has 0 bridgehead atoms. The van der Waals surface area contributed by atoms with Gasteiger partial charge in [0.05, 0.1) is 15.5 Å². The molecule has 0 unspecified atom stereocenters. The average Bonchev–Trinajstić information content (AvgIpc) is 2.48. The van der Waals surface area contributed by atoms with Gasteiger partial charge in [-0.2, -0.15) is 0 Å². The molecule has 5 nitrogen and oxygen atoms in total. The van der Waals surface area contributed by atoms with E-state index >= 15 is 0 Å². The largest absolute Gasteiger partial charge is 0.348 e. The van der Waals surface area contributed by atoms with Gasteiger partial charge in [-0.3, -0.25) is 4.79 Å². The van der Waals surface area contributed by atoms with Crippen molar-refractivity contribution in [1.29, 1.82) is 0 Å². The number of amides is 1. The van der Waals surface area contributed by atoms with E-state index in [2.05, 4.69) is 5.32 Å². The standard InChI is InChI=1S/C14H11ClF2N2O3S/c15-11-6-13(17)12(16)5-10(11)14(20)19-7-8-1-3-9(4-2-8)23(18,21)22/h1-6H,7H2,(H,19,20)(H2,18,21,22). The van der Waals surface area contributed by atoms with Gasteiger partial charge in [-0.1, -0.05) is 23.7 Å². The van der Waals surface area contributed by atoms with Crippen LogP contribution in [0.1, 0.15) is 15.9 Å². The third kappa shape index (κ3) is 4.25. The van der Waals surface area contributed by atoms with Crippen LogP contribution in [0.3, 0.4) is 0 Å². The van der Waals surface area contributed by atoms with Crippen molar-refractivity contribution in [3.63, 3.8) is 0 Å². The average molecular weight is 361 g/mol. The molecule has 3 N–H and O–H groups in total. The van der Waals surface area contributed by atoms with Gasteiger partial charge in [0.1, 0.15) is 0 Å². The summed E-state index contributed by atoms with van der Waals surface area (Å²) in [5.74, 6) is -3.02. The number of hydrogen-bond acceptors (Lipinski definition) is 3. The molecule has 0 fully saturated rings. The number of carbonyl (C=O) groups excluding carboxylic acids is 1. The number of halogens is 3. The Kier molecular flexibility index (Phi) is 4.98. The highest BCUT2D eigenvalue weighted by molar-refractivity contribution is 7.89. The van der Waals surface area contributed by atoms with Crippen molar-refractivity contribution in [2.75, 3.05) is 0 Å². The first-order valence-corrected chi connectivity index (χ1v) is 8.15. The smallest absolute Gasteiger partial charge is 0.253 e. The minimum absolute atomic E-state index is 0.0407. The summed E-state index contributed by atoms with van der Waals surface area (Å²) in [5.41, 5.74) is 0.385. The lowest BCUT2D eigenvalue weighted by Crippen LogP contribution is -2.23. The number of carbonyl (C=O) groups is 1. The maximum Gasteiger partial charge on any atom is 0.253 e. The summed E-state index contributed by atoms with van der Waals surface area (Å²) in [6.45, 7) is 0.0407. The van der Waals surface area contributed by atoms with E-state index in [1.165, 1.54) is 24.3 Å². The maximum atomic E-state index is 13.2. The molecular formula is C14H11ClF2N2O3S. The van der Waals surface area contributed by atoms with Crippen LogP contribution in [0.15, 0.2) is 41.3 Å². The van der Waals surface area contributed by atoms with Gasteiger partial charge in [-0.15, -0.1) is 0 Å². The molecule has 0 radical (unpaired) electrons. The Morgan fingerprint density at radius 2 is 1.70 bits per heavy atom. The Balaban J connectivity index is 2.09. The van der Waals surface area contributed by atoms with Gasteiger partial charge >= 0.3 is 0 Å². The zero-order valence-electron chi connectivity index (χ0n) is 11.5. The Morgan fingerprint density at radius 1 is 1.13 bits per heavy atom. The van der Waals surface area contributed by atoms with Crippen LogP contribution in [0.25, 0.3) is 0 Å². The fourth-order valence-electron chi connectivity index (χ4n) is 1.77. The number of benzene rings is 2. The van der Waals surface area contributed by atoms with Crippen LogP contribution in [-0.4, -0.2) is 14.3 Å². The van der Waals surface area contributed by atoms with Crippen LogP contribution in [-0.2, 0) is 16.6 Å². The summed E-state index contributed by atoms with van der Waals surface area (Å²) >= 11 is 5.70. The van der Waals surface area contributed by atoms with Gasteiger partial charge in [-0.25, -0.2) is 22.3 Å². The number of nitrogens with two attached hydrogens (primary N) is 1. The van der Waals surface area contributed by atoms with Crippen LogP contribution in [0.2, 0.25) is 5.02 Å². The molecule has 1 amide bonds. The molecule has 0 aliphatic rings. The molecule has 122 valence electrons. The van der Waals surface area contributed by atoms with Crippen LogP contribution >= 0.6 is 11.6 Å². The van der Waals surface area contributed by atoms with E-state index in [-0.39, 0.29) is 22.0 Å². The highest BCUT2D eigenvalue weighted by Gasteiger charge is 2.15. The molecule has 2 rings (SSSR count). The molecule has 0 atom stereocenters. The lowest BCUT2D eigenvalue weighted by atomic mass is 10.2. The number of nitrogens with one attached hydrogen (secondary N) is 1. The molecule has 0 saturated carbocycles. The van der Waals surface area contributed by atoms with Crippen LogP contribution in [0.5, 0.6) is 0 Å². The monoisotopic (exact) mass is 360 g/mol. The zero-order valence-corrected chi connectivity index (χ0v) is 13.1. The summed E-state index contributed by atoms with van der Waals surface area (Å²) < 4.78 is 48.4. The predicted molar refractivity (Wildman–Crippen MR) is 80.4 cm³/mol. The van der Waals surface area contributed by atoms with Crippen molar-refractivity contribution < 1.29 is 22.0 Å². The van der Waals surface area contributed by atoms with E-state index in [0.717, 1.165) is 0 Å². The molecule has 2 aromatic rings. The molecular weight excluding hydrogens is 350 g/mol. The van der Waals surface area contributed by atoms with Crippen molar-refractivity contribution in [2.24, 2.45) is 5.14 Å². The van der Waals surface area contributed by atoms with Gasteiger partial charge < -0.3 is 5.32 Å². The van der Waals surface area contributed by atoms with Crippen LogP contribution in [0, 0.1) is 11.6 Å². The lowest BCUT2D eigenvalue weighted by Gasteiger charge is -2.08. The minimum atomic E-state index is -3.79. The highest BCUT2D eigenvalue weighted by atomic mass is 35.5. The molecule has 0 aliphatic carbocycles. The van der Waals surface area contributed by atoms with Crippen molar-refractivity contribution in [2.45, 2.75) is 11.4 Å². The van der Waals surface area contributed by atoms with Gasteiger partial charge in [0, 0.05) is 6.54 Å². The Labute approximate surface area is 136 Å². The first kappa shape index (κ1) is 17.3. The highest BCUT2D eigenvalue weighted by Crippen LogP contribution is 2.20. The zero-order chi connectivity index (χ0) is 17.2. The number of hydrogen-bond donors (Lipinski definition) is 2. The molecule has 0 saturated heterocycles. The number of primary sulfonamides is 1. The second-order valence-corrected chi connectivity index (χ2v) is 6.59. The summed E-state index contributed by atoms with van der Waals surface area (Å²) in [7, 11) is -3.79. The molecule has 0 aliphatic heterocycles. The Bertz CT molecular complexity index is 855. The maximum absolute atomic E-state index is 13.2. The van der Waals surface area contributed by atoms with E-state index < -0.39 is 27.6 Å². The molecule has 0 heterocycles. The molecule has 23 heavy (non-hydrogen) atoms. The van der Waals surface area contributed by atoms with Crippen molar-refractivity contribution in [1.82, 2.24) is 5.32 Å². The van der Waals surface area contributed by atoms with E-state index in [1.807, 2.05) is 0 Å². The first-order valence-electron chi connectivity index (χ1n) is 6.23. The lowest BCUT2D eigenvalue weighted by molar-refractivity contribution is 0.0950. The van der Waals surface area contributed by atoms with Crippen LogP contribution in [0.4, 0.5) is 8.78 Å². The van der Waals surface area contributed by atoms with Gasteiger partial charge in [-0.05, 0) is 29.8 Å². The summed E-state index contributed by atoms with van der Waals surface area (Å²) in [4.78, 5) is 11.9. The van der Waals surface area contributed by atoms with Crippen LogP contribution < -0.4 is 10.5 Å². The summed E-state index contributed by atoms with van der Waals surface area (Å²) in [6.07, 6.45) is 0. The van der Waals surface area contributed by atoms with E-state index in [1.54, 1.807) is 0 Å². The Hall–Kier alpha value is -2.03. The van der Waals surface area contributed by atoms with Crippen molar-refractivity contribution >= 4 is 27.5 Å². The SMILES string of the molecule is NS(=O)(=O)c1ccc(CNC(=O)c2cc(F)c(F)cc2Cl)cc1. The third-order valence-electron chi connectivity index (χ3n) is 2.96. The second kappa shape index (κ2) is 6.61. The summed E-state index contributed by atoms with van der Waals surface area (Å²) in [5, 5.41) is 7.22. The van der Waals surface area contributed by atoms with Gasteiger partial charge in [0.25, 0.3) is 5.91 Å². The Morgan fingerprint density at radius 3 is 2.26 bits per heavy atom. The number of sulfonamides is 1. The van der Waals surface area contributed by atoms with Gasteiger partial charge in [0.15, 0.2) is 11.6 Å². The molecule has 0 spiro atoms. The molecule has 0 aromatic heterocycles. The quantitative estimate of drug-likeness (QED) is 0.819. The number of rotatable bonds is 4. The molecule has 9 heteroatoms. The first-order chi connectivity index (χ1) is 10.7. The van der Waals surface area contributed by atoms with E-state index in [9.17, 15) is 22.0 Å². The van der Waals surface area contributed by atoms with Gasteiger partial charge in [0.2, 0.25) is 10.0 Å². The van der Waals surface area contributed by atoms with E-state index in [4.69, 9.17) is 16.7 Å². The fourth-order valence-corrected chi connectivity index (χ4v) is 2.52. The predicted octanol–water partition coefficient (Wildman–Crippen LogP) is 2.20. The summed E-state index contributed by atoms with van der Waals surface area (Å²) in [6, 6.07) is 6.94. The topological polar surface area (TPSA) is 89.3 Å². The molecule has 2 aromatic carbocycles. The normalized spacial score (nSPS) is 11.3. The van der Waals surface area contributed by atoms with Crippen molar-refractivity contribution in [3.8, 4) is 0 Å². The fraction of sp³-hybridized carbons (Fsp3) is 0.0714. The second-order valence-electron chi connectivity index (χ2n) is 4.62. The third-order valence-corrected chi connectivity index (χ3v) is 4.20. The van der Waals surface area contributed by atoms with E-state index in [0.29, 0.717) is 17.7 Å².